The zero-order valence-corrected chi connectivity index (χ0v) is 12.5. The largest absolute Gasteiger partial charge is 0.493 e. The first-order valence-electron chi connectivity index (χ1n) is 6.99. The lowest BCUT2D eigenvalue weighted by atomic mass is 9.78. The molecule has 0 heterocycles. The molecule has 110 valence electrons. The fraction of sp³-hybridized carbons (Fsp3) is 0.278. The van der Waals surface area contributed by atoms with Gasteiger partial charge < -0.3 is 4.74 Å². The second kappa shape index (κ2) is 6.08. The predicted molar refractivity (Wildman–Crippen MR) is 81.4 cm³/mol. The Balaban J connectivity index is 2.40. The van der Waals surface area contributed by atoms with Crippen LogP contribution in [0.3, 0.4) is 0 Å². The second-order valence-corrected chi connectivity index (χ2v) is 5.39. The van der Waals surface area contributed by atoms with Crippen molar-refractivity contribution in [3.8, 4) is 5.75 Å². The lowest BCUT2D eigenvalue weighted by Crippen LogP contribution is -2.29. The molecule has 0 aliphatic heterocycles. The molecule has 0 fully saturated rings. The molecule has 2 aromatic rings. The van der Waals surface area contributed by atoms with Gasteiger partial charge >= 0.3 is 0 Å². The monoisotopic (exact) mass is 286 g/mol. The Morgan fingerprint density at radius 2 is 1.71 bits per heavy atom. The molecule has 0 N–H and O–H groups in total. The molecule has 0 atom stereocenters. The van der Waals surface area contributed by atoms with Crippen LogP contribution >= 0.6 is 0 Å². The maximum Gasteiger partial charge on any atom is 0.176 e. The lowest BCUT2D eigenvalue weighted by molar-refractivity contribution is 0.0904. The molecule has 0 bridgehead atoms. The number of carbonyl (C=O) groups is 1. The minimum Gasteiger partial charge on any atom is -0.493 e. The number of rotatable bonds is 5. The summed E-state index contributed by atoms with van der Waals surface area (Å²) in [6.45, 7) is 6.06. The summed E-state index contributed by atoms with van der Waals surface area (Å²) in [7, 11) is 0. The molecule has 21 heavy (non-hydrogen) atoms. The van der Waals surface area contributed by atoms with E-state index in [1.807, 2.05) is 32.9 Å². The van der Waals surface area contributed by atoms with Crippen molar-refractivity contribution in [2.45, 2.75) is 26.2 Å². The summed E-state index contributed by atoms with van der Waals surface area (Å²) in [5.41, 5.74) is 0.579. The average molecular weight is 286 g/mol. The van der Waals surface area contributed by atoms with Gasteiger partial charge in [-0.1, -0.05) is 24.3 Å². The zero-order chi connectivity index (χ0) is 15.5. The Morgan fingerprint density at radius 3 is 2.33 bits per heavy atom. The van der Waals surface area contributed by atoms with Crippen LogP contribution in [0.4, 0.5) is 4.39 Å². The van der Waals surface area contributed by atoms with E-state index in [0.29, 0.717) is 17.9 Å². The standard InChI is InChI=1S/C18H19FO2/c1-4-21-16-8-6-5-7-15(16)17(20)18(2,3)13-9-11-14(19)12-10-13/h5-12H,4H2,1-3H3. The number of para-hydroxylation sites is 1. The van der Waals surface area contributed by atoms with E-state index in [0.717, 1.165) is 5.56 Å². The Labute approximate surface area is 124 Å². The molecular weight excluding hydrogens is 267 g/mol. The van der Waals surface area contributed by atoms with Gasteiger partial charge in [-0.2, -0.15) is 0 Å². The zero-order valence-electron chi connectivity index (χ0n) is 12.5. The lowest BCUT2D eigenvalue weighted by Gasteiger charge is -2.25. The summed E-state index contributed by atoms with van der Waals surface area (Å²) in [4.78, 5) is 12.9. The van der Waals surface area contributed by atoms with Crippen molar-refractivity contribution in [1.29, 1.82) is 0 Å². The van der Waals surface area contributed by atoms with E-state index < -0.39 is 5.41 Å². The molecule has 2 nitrogen and oxygen atoms in total. The molecule has 0 saturated carbocycles. The number of hydrogen-bond donors (Lipinski definition) is 0. The maximum atomic E-state index is 13.1. The summed E-state index contributed by atoms with van der Waals surface area (Å²) < 4.78 is 18.6. The van der Waals surface area contributed by atoms with E-state index >= 15 is 0 Å². The van der Waals surface area contributed by atoms with E-state index in [-0.39, 0.29) is 11.6 Å². The highest BCUT2D eigenvalue weighted by molar-refractivity contribution is 6.05. The van der Waals surface area contributed by atoms with Gasteiger partial charge in [-0.25, -0.2) is 4.39 Å². The number of Topliss-reactive ketones (excluding diaryl/α,β-unsaturated/α-hetero) is 1. The molecule has 0 amide bonds. The van der Waals surface area contributed by atoms with Gasteiger partial charge in [0, 0.05) is 0 Å². The smallest absolute Gasteiger partial charge is 0.176 e. The minimum atomic E-state index is -0.749. The third-order valence-corrected chi connectivity index (χ3v) is 3.57. The van der Waals surface area contributed by atoms with Crippen molar-refractivity contribution in [2.75, 3.05) is 6.61 Å². The number of benzene rings is 2. The van der Waals surface area contributed by atoms with Gasteiger partial charge in [0.05, 0.1) is 17.6 Å². The number of ketones is 1. The van der Waals surface area contributed by atoms with Gasteiger partial charge in [0.1, 0.15) is 11.6 Å². The van der Waals surface area contributed by atoms with Crippen molar-refractivity contribution in [3.63, 3.8) is 0 Å². The van der Waals surface area contributed by atoms with Gasteiger partial charge in [-0.3, -0.25) is 4.79 Å². The van der Waals surface area contributed by atoms with E-state index in [1.54, 1.807) is 24.3 Å². The Bertz CT molecular complexity index is 630. The first-order valence-corrected chi connectivity index (χ1v) is 6.99. The number of halogens is 1. The highest BCUT2D eigenvalue weighted by Gasteiger charge is 2.32. The van der Waals surface area contributed by atoms with Crippen LogP contribution in [0.5, 0.6) is 5.75 Å². The topological polar surface area (TPSA) is 26.3 Å². The molecule has 3 heteroatoms. The van der Waals surface area contributed by atoms with Crippen LogP contribution in [0.15, 0.2) is 48.5 Å². The fourth-order valence-corrected chi connectivity index (χ4v) is 2.27. The van der Waals surface area contributed by atoms with Crippen LogP contribution < -0.4 is 4.74 Å². The first-order chi connectivity index (χ1) is 9.96. The summed E-state index contributed by atoms with van der Waals surface area (Å²) >= 11 is 0. The molecule has 0 saturated heterocycles. The summed E-state index contributed by atoms with van der Waals surface area (Å²) in [5, 5.41) is 0. The first kappa shape index (κ1) is 15.2. The van der Waals surface area contributed by atoms with E-state index in [4.69, 9.17) is 4.74 Å². The molecule has 0 aliphatic rings. The van der Waals surface area contributed by atoms with E-state index in [2.05, 4.69) is 0 Å². The SMILES string of the molecule is CCOc1ccccc1C(=O)C(C)(C)c1ccc(F)cc1. The number of hydrogen-bond acceptors (Lipinski definition) is 2. The molecule has 0 aromatic heterocycles. The van der Waals surface area contributed by atoms with Crippen LogP contribution in [-0.2, 0) is 5.41 Å². The Morgan fingerprint density at radius 1 is 1.10 bits per heavy atom. The minimum absolute atomic E-state index is 0.0434. The third-order valence-electron chi connectivity index (χ3n) is 3.57. The molecule has 0 spiro atoms. The number of ether oxygens (including phenoxy) is 1. The third kappa shape index (κ3) is 3.13. The van der Waals surface area contributed by atoms with Gasteiger partial charge in [0.25, 0.3) is 0 Å². The summed E-state index contributed by atoms with van der Waals surface area (Å²) in [6, 6.07) is 13.3. The number of carbonyl (C=O) groups excluding carboxylic acids is 1. The Kier molecular flexibility index (Phi) is 4.41. The predicted octanol–water partition coefficient (Wildman–Crippen LogP) is 4.38. The average Bonchev–Trinajstić information content (AvgIpc) is 2.48. The van der Waals surface area contributed by atoms with Crippen molar-refractivity contribution in [1.82, 2.24) is 0 Å². The van der Waals surface area contributed by atoms with Crippen LogP contribution in [0, 0.1) is 5.82 Å². The van der Waals surface area contributed by atoms with Crippen molar-refractivity contribution < 1.29 is 13.9 Å². The molecule has 2 aromatic carbocycles. The van der Waals surface area contributed by atoms with Crippen LogP contribution in [0.1, 0.15) is 36.7 Å². The van der Waals surface area contributed by atoms with Crippen molar-refractivity contribution >= 4 is 5.78 Å². The highest BCUT2D eigenvalue weighted by Crippen LogP contribution is 2.31. The van der Waals surface area contributed by atoms with Gasteiger partial charge in [-0.05, 0) is 50.6 Å². The summed E-state index contributed by atoms with van der Waals surface area (Å²) in [6.07, 6.45) is 0. The van der Waals surface area contributed by atoms with Crippen LogP contribution in [0.2, 0.25) is 0 Å². The fourth-order valence-electron chi connectivity index (χ4n) is 2.27. The van der Waals surface area contributed by atoms with Gasteiger partial charge in [0.2, 0.25) is 0 Å². The van der Waals surface area contributed by atoms with E-state index in [9.17, 15) is 9.18 Å². The summed E-state index contributed by atoms with van der Waals surface area (Å²) in [5.74, 6) is 0.232. The van der Waals surface area contributed by atoms with Crippen molar-refractivity contribution in [3.05, 3.63) is 65.5 Å². The quantitative estimate of drug-likeness (QED) is 0.762. The van der Waals surface area contributed by atoms with Gasteiger partial charge in [-0.15, -0.1) is 0 Å². The molecular formula is C18H19FO2. The van der Waals surface area contributed by atoms with Crippen LogP contribution in [0.25, 0.3) is 0 Å². The van der Waals surface area contributed by atoms with Crippen LogP contribution in [-0.4, -0.2) is 12.4 Å². The molecule has 0 aliphatic carbocycles. The van der Waals surface area contributed by atoms with Gasteiger partial charge in [0.15, 0.2) is 5.78 Å². The van der Waals surface area contributed by atoms with Crippen molar-refractivity contribution in [2.24, 2.45) is 0 Å². The molecule has 0 radical (unpaired) electrons. The molecule has 0 unspecified atom stereocenters. The normalized spacial score (nSPS) is 11.2. The molecule has 2 rings (SSSR count). The van der Waals surface area contributed by atoms with E-state index in [1.165, 1.54) is 12.1 Å². The maximum absolute atomic E-state index is 13.1. The second-order valence-electron chi connectivity index (χ2n) is 5.39. The Hall–Kier alpha value is -2.16. The highest BCUT2D eigenvalue weighted by atomic mass is 19.1.